The lowest BCUT2D eigenvalue weighted by Gasteiger charge is -2.05. The van der Waals surface area contributed by atoms with Gasteiger partial charge in [0.25, 0.3) is 0 Å². The van der Waals surface area contributed by atoms with Crippen LogP contribution in [-0.4, -0.2) is 24.4 Å². The molecule has 0 aromatic rings. The van der Waals surface area contributed by atoms with Crippen molar-refractivity contribution in [1.82, 2.24) is 0 Å². The molecule has 1 N–H and O–H groups in total. The third kappa shape index (κ3) is 0.700. The molecule has 1 aliphatic carbocycles. The summed E-state index contributed by atoms with van der Waals surface area (Å²) in [6.07, 6.45) is -0.108. The fourth-order valence-electron chi connectivity index (χ4n) is 2.00. The standard InChI is InChI=1S/C7H12O2/c1-4(8)7-5-2-9-3-6(5)7/h4-8H,2-3H2,1H3. The predicted octanol–water partition coefficient (Wildman–Crippen LogP) is 0.260. The summed E-state index contributed by atoms with van der Waals surface area (Å²) in [5.41, 5.74) is 0. The van der Waals surface area contributed by atoms with Gasteiger partial charge in [0.2, 0.25) is 0 Å². The van der Waals surface area contributed by atoms with Gasteiger partial charge in [0.1, 0.15) is 0 Å². The highest BCUT2D eigenvalue weighted by Crippen LogP contribution is 2.52. The summed E-state index contributed by atoms with van der Waals surface area (Å²) in [6.45, 7) is 3.66. The summed E-state index contributed by atoms with van der Waals surface area (Å²) in [7, 11) is 0. The molecule has 1 saturated heterocycles. The second-order valence-electron chi connectivity index (χ2n) is 3.18. The van der Waals surface area contributed by atoms with Crippen LogP contribution in [0.5, 0.6) is 0 Å². The zero-order chi connectivity index (χ0) is 6.43. The van der Waals surface area contributed by atoms with Gasteiger partial charge in [0, 0.05) is 0 Å². The van der Waals surface area contributed by atoms with E-state index in [0.29, 0.717) is 17.8 Å². The Bertz CT molecular complexity index is 112. The first-order valence-corrected chi connectivity index (χ1v) is 3.56. The largest absolute Gasteiger partial charge is 0.393 e. The molecule has 3 unspecified atom stereocenters. The lowest BCUT2D eigenvalue weighted by Crippen LogP contribution is -2.10. The van der Waals surface area contributed by atoms with Crippen LogP contribution in [0.1, 0.15) is 6.92 Å². The van der Waals surface area contributed by atoms with Gasteiger partial charge >= 0.3 is 0 Å². The van der Waals surface area contributed by atoms with Gasteiger partial charge < -0.3 is 9.84 Å². The Hall–Kier alpha value is -0.0800. The van der Waals surface area contributed by atoms with E-state index in [1.165, 1.54) is 0 Å². The molecular formula is C7H12O2. The van der Waals surface area contributed by atoms with Crippen LogP contribution in [-0.2, 0) is 4.74 Å². The highest BCUT2D eigenvalue weighted by molar-refractivity contribution is 5.02. The van der Waals surface area contributed by atoms with E-state index in [9.17, 15) is 0 Å². The molecule has 1 saturated carbocycles. The Morgan fingerprint density at radius 2 is 2.00 bits per heavy atom. The van der Waals surface area contributed by atoms with Crippen molar-refractivity contribution in [1.29, 1.82) is 0 Å². The third-order valence-electron chi connectivity index (χ3n) is 2.58. The molecule has 0 amide bonds. The maximum atomic E-state index is 9.14. The van der Waals surface area contributed by atoms with E-state index in [1.807, 2.05) is 6.92 Å². The molecule has 3 atom stereocenters. The Labute approximate surface area is 54.8 Å². The number of hydrogen-bond donors (Lipinski definition) is 1. The average molecular weight is 128 g/mol. The normalized spacial score (nSPS) is 50.7. The molecule has 0 radical (unpaired) electrons. The Morgan fingerprint density at radius 1 is 1.44 bits per heavy atom. The molecule has 2 nitrogen and oxygen atoms in total. The van der Waals surface area contributed by atoms with Crippen LogP contribution in [0.15, 0.2) is 0 Å². The van der Waals surface area contributed by atoms with E-state index < -0.39 is 0 Å². The van der Waals surface area contributed by atoms with Gasteiger partial charge in [-0.3, -0.25) is 0 Å². The van der Waals surface area contributed by atoms with Crippen molar-refractivity contribution < 1.29 is 9.84 Å². The summed E-state index contributed by atoms with van der Waals surface area (Å²) in [4.78, 5) is 0. The van der Waals surface area contributed by atoms with Gasteiger partial charge in [0.05, 0.1) is 19.3 Å². The van der Waals surface area contributed by atoms with Crippen LogP contribution in [0.3, 0.4) is 0 Å². The van der Waals surface area contributed by atoms with Crippen LogP contribution in [0.25, 0.3) is 0 Å². The Balaban J connectivity index is 1.94. The van der Waals surface area contributed by atoms with E-state index in [4.69, 9.17) is 9.84 Å². The molecular weight excluding hydrogens is 116 g/mol. The number of rotatable bonds is 1. The maximum Gasteiger partial charge on any atom is 0.0547 e. The summed E-state index contributed by atoms with van der Waals surface area (Å²) in [5, 5.41) is 9.14. The quantitative estimate of drug-likeness (QED) is 0.549. The fourth-order valence-corrected chi connectivity index (χ4v) is 2.00. The monoisotopic (exact) mass is 128 g/mol. The summed E-state index contributed by atoms with van der Waals surface area (Å²) in [6, 6.07) is 0. The molecule has 2 aliphatic rings. The molecule has 52 valence electrons. The number of ether oxygens (including phenoxy) is 1. The van der Waals surface area contributed by atoms with Crippen LogP contribution in [0.2, 0.25) is 0 Å². The summed E-state index contributed by atoms with van der Waals surface area (Å²) >= 11 is 0. The van der Waals surface area contributed by atoms with Crippen molar-refractivity contribution >= 4 is 0 Å². The van der Waals surface area contributed by atoms with Crippen LogP contribution in [0, 0.1) is 17.8 Å². The zero-order valence-electron chi connectivity index (χ0n) is 5.58. The van der Waals surface area contributed by atoms with Crippen LogP contribution < -0.4 is 0 Å². The van der Waals surface area contributed by atoms with Gasteiger partial charge in [-0.25, -0.2) is 0 Å². The molecule has 1 aliphatic heterocycles. The molecule has 0 aromatic carbocycles. The molecule has 2 fully saturated rings. The highest BCUT2D eigenvalue weighted by atomic mass is 16.5. The van der Waals surface area contributed by atoms with Crippen LogP contribution in [0.4, 0.5) is 0 Å². The SMILES string of the molecule is CC(O)C1C2COCC21. The van der Waals surface area contributed by atoms with Gasteiger partial charge in [-0.15, -0.1) is 0 Å². The minimum atomic E-state index is -0.108. The molecule has 0 aromatic heterocycles. The number of aliphatic hydroxyl groups excluding tert-OH is 1. The third-order valence-corrected chi connectivity index (χ3v) is 2.58. The van der Waals surface area contributed by atoms with Crippen LogP contribution >= 0.6 is 0 Å². The number of hydrogen-bond acceptors (Lipinski definition) is 2. The molecule has 2 rings (SSSR count). The first kappa shape index (κ1) is 5.69. The zero-order valence-corrected chi connectivity index (χ0v) is 5.58. The lowest BCUT2D eigenvalue weighted by atomic mass is 10.2. The summed E-state index contributed by atoms with van der Waals surface area (Å²) in [5.74, 6) is 1.97. The molecule has 2 heteroatoms. The predicted molar refractivity (Wildman–Crippen MR) is 33.0 cm³/mol. The Kier molecular flexibility index (Phi) is 1.08. The smallest absolute Gasteiger partial charge is 0.0547 e. The first-order chi connectivity index (χ1) is 4.30. The van der Waals surface area contributed by atoms with Crippen molar-refractivity contribution in [2.45, 2.75) is 13.0 Å². The fraction of sp³-hybridized carbons (Fsp3) is 1.00. The minimum Gasteiger partial charge on any atom is -0.393 e. The van der Waals surface area contributed by atoms with Crippen molar-refractivity contribution in [2.75, 3.05) is 13.2 Å². The van der Waals surface area contributed by atoms with E-state index in [-0.39, 0.29) is 6.10 Å². The molecule has 0 bridgehead atoms. The van der Waals surface area contributed by atoms with Crippen molar-refractivity contribution in [3.8, 4) is 0 Å². The number of aliphatic hydroxyl groups is 1. The van der Waals surface area contributed by atoms with Gasteiger partial charge in [-0.05, 0) is 24.7 Å². The Morgan fingerprint density at radius 3 is 2.33 bits per heavy atom. The summed E-state index contributed by atoms with van der Waals surface area (Å²) < 4.78 is 5.18. The van der Waals surface area contributed by atoms with Gasteiger partial charge in [-0.1, -0.05) is 0 Å². The molecule has 1 heterocycles. The topological polar surface area (TPSA) is 29.5 Å². The number of fused-ring (bicyclic) bond motifs is 1. The van der Waals surface area contributed by atoms with E-state index in [1.54, 1.807) is 0 Å². The maximum absolute atomic E-state index is 9.14. The van der Waals surface area contributed by atoms with E-state index in [2.05, 4.69) is 0 Å². The van der Waals surface area contributed by atoms with Crippen molar-refractivity contribution in [3.63, 3.8) is 0 Å². The van der Waals surface area contributed by atoms with E-state index in [0.717, 1.165) is 13.2 Å². The van der Waals surface area contributed by atoms with Gasteiger partial charge in [-0.2, -0.15) is 0 Å². The van der Waals surface area contributed by atoms with Crippen molar-refractivity contribution in [2.24, 2.45) is 17.8 Å². The lowest BCUT2D eigenvalue weighted by molar-refractivity contribution is 0.0984. The molecule has 9 heavy (non-hydrogen) atoms. The first-order valence-electron chi connectivity index (χ1n) is 3.56. The highest BCUT2D eigenvalue weighted by Gasteiger charge is 2.55. The minimum absolute atomic E-state index is 0.108. The second kappa shape index (κ2) is 1.70. The average Bonchev–Trinajstić information content (AvgIpc) is 2.30. The second-order valence-corrected chi connectivity index (χ2v) is 3.18. The van der Waals surface area contributed by atoms with Gasteiger partial charge in [0.15, 0.2) is 0 Å². The van der Waals surface area contributed by atoms with Crippen molar-refractivity contribution in [3.05, 3.63) is 0 Å². The van der Waals surface area contributed by atoms with E-state index >= 15 is 0 Å². The molecule has 0 spiro atoms.